The summed E-state index contributed by atoms with van der Waals surface area (Å²) >= 11 is 0. The van der Waals surface area contributed by atoms with Crippen molar-refractivity contribution < 1.29 is 4.74 Å². The van der Waals surface area contributed by atoms with Crippen LogP contribution in [0.2, 0.25) is 0 Å². The van der Waals surface area contributed by atoms with Crippen LogP contribution in [-0.2, 0) is 4.74 Å². The van der Waals surface area contributed by atoms with E-state index in [-0.39, 0.29) is 0 Å². The number of rotatable bonds is 14. The fraction of sp³-hybridized carbons (Fsp3) is 0.875. The smallest absolute Gasteiger partial charge is 0.0589 e. The molecule has 0 saturated carbocycles. The minimum Gasteiger partial charge on any atom is -0.383 e. The molecule has 0 aromatic rings. The number of methoxy groups -OCH3 is 1. The fourth-order valence-corrected chi connectivity index (χ4v) is 2.03. The van der Waals surface area contributed by atoms with Crippen LogP contribution >= 0.6 is 0 Å². The summed E-state index contributed by atoms with van der Waals surface area (Å²) in [7, 11) is 1.76. The molecule has 0 aliphatic rings. The maximum Gasteiger partial charge on any atom is 0.0589 e. The molecule has 0 heterocycles. The van der Waals surface area contributed by atoms with E-state index in [1.807, 2.05) is 6.08 Å². The predicted molar refractivity (Wildman–Crippen MR) is 84.7 cm³/mol. The highest BCUT2D eigenvalue weighted by Gasteiger charge is 2.01. The van der Waals surface area contributed by atoms with E-state index >= 15 is 0 Å². The predicted octanol–water partition coefficient (Wildman–Crippen LogP) is 2.93. The van der Waals surface area contributed by atoms with Crippen LogP contribution in [-0.4, -0.2) is 51.3 Å². The monoisotopic (exact) mass is 270 g/mol. The zero-order chi connectivity index (χ0) is 14.3. The Bertz CT molecular complexity index is 195. The van der Waals surface area contributed by atoms with E-state index in [9.17, 15) is 0 Å². The van der Waals surface area contributed by atoms with Gasteiger partial charge in [-0.25, -0.2) is 0 Å². The Labute approximate surface area is 120 Å². The molecule has 114 valence electrons. The van der Waals surface area contributed by atoms with Crippen molar-refractivity contribution in [1.29, 1.82) is 0 Å². The van der Waals surface area contributed by atoms with Gasteiger partial charge in [-0.2, -0.15) is 0 Å². The van der Waals surface area contributed by atoms with E-state index in [0.29, 0.717) is 0 Å². The molecule has 0 saturated heterocycles. The van der Waals surface area contributed by atoms with Crippen LogP contribution in [0.1, 0.15) is 39.5 Å². The minimum absolute atomic E-state index is 0.758. The lowest BCUT2D eigenvalue weighted by Crippen LogP contribution is -2.28. The van der Waals surface area contributed by atoms with E-state index in [2.05, 4.69) is 30.6 Å². The van der Waals surface area contributed by atoms with E-state index in [1.54, 1.807) is 7.11 Å². The SMILES string of the molecule is C=CCN(CCCCCCNCC(C)C)CCOC. The number of nitrogens with one attached hydrogen (secondary N) is 1. The van der Waals surface area contributed by atoms with E-state index in [0.717, 1.165) is 45.2 Å². The molecule has 1 N–H and O–H groups in total. The van der Waals surface area contributed by atoms with Crippen LogP contribution in [0, 0.1) is 5.92 Å². The third kappa shape index (κ3) is 13.8. The van der Waals surface area contributed by atoms with Crippen molar-refractivity contribution in [2.24, 2.45) is 5.92 Å². The van der Waals surface area contributed by atoms with E-state index in [1.165, 1.54) is 25.7 Å². The fourth-order valence-electron chi connectivity index (χ4n) is 2.03. The maximum atomic E-state index is 5.13. The second-order valence-electron chi connectivity index (χ2n) is 5.59. The second-order valence-corrected chi connectivity index (χ2v) is 5.59. The Morgan fingerprint density at radius 2 is 1.89 bits per heavy atom. The molecular weight excluding hydrogens is 236 g/mol. The van der Waals surface area contributed by atoms with Crippen LogP contribution < -0.4 is 5.32 Å². The number of unbranched alkanes of at least 4 members (excludes halogenated alkanes) is 3. The highest BCUT2D eigenvalue weighted by atomic mass is 16.5. The van der Waals surface area contributed by atoms with E-state index < -0.39 is 0 Å². The Morgan fingerprint density at radius 1 is 1.16 bits per heavy atom. The van der Waals surface area contributed by atoms with Gasteiger partial charge in [0.1, 0.15) is 0 Å². The molecule has 0 bridgehead atoms. The minimum atomic E-state index is 0.758. The lowest BCUT2D eigenvalue weighted by atomic mass is 10.1. The first-order valence-electron chi connectivity index (χ1n) is 7.73. The van der Waals surface area contributed by atoms with Crippen molar-refractivity contribution in [2.45, 2.75) is 39.5 Å². The van der Waals surface area contributed by atoms with Gasteiger partial charge in [0, 0.05) is 20.2 Å². The lowest BCUT2D eigenvalue weighted by molar-refractivity contribution is 0.153. The quantitative estimate of drug-likeness (QED) is 0.388. The summed E-state index contributed by atoms with van der Waals surface area (Å²) in [6.45, 7) is 14.6. The van der Waals surface area contributed by atoms with Crippen molar-refractivity contribution in [2.75, 3.05) is 46.4 Å². The molecule has 0 fully saturated rings. The number of nitrogens with zero attached hydrogens (tertiary/aromatic N) is 1. The van der Waals surface area contributed by atoms with Gasteiger partial charge < -0.3 is 10.1 Å². The van der Waals surface area contributed by atoms with Gasteiger partial charge in [-0.1, -0.05) is 32.8 Å². The largest absolute Gasteiger partial charge is 0.383 e. The summed E-state index contributed by atoms with van der Waals surface area (Å²) in [5, 5.41) is 3.49. The van der Waals surface area contributed by atoms with Gasteiger partial charge in [-0.15, -0.1) is 6.58 Å². The number of ether oxygens (including phenoxy) is 1. The molecule has 0 aromatic carbocycles. The molecule has 0 aromatic heterocycles. The first-order valence-corrected chi connectivity index (χ1v) is 7.73. The van der Waals surface area contributed by atoms with Crippen molar-refractivity contribution in [1.82, 2.24) is 10.2 Å². The Morgan fingerprint density at radius 3 is 2.53 bits per heavy atom. The molecule has 0 aliphatic heterocycles. The van der Waals surface area contributed by atoms with Crippen LogP contribution in [0.15, 0.2) is 12.7 Å². The standard InChI is InChI=1S/C16H34N2O/c1-5-11-18(13-14-19-4)12-9-7-6-8-10-17-15-16(2)3/h5,16-17H,1,6-15H2,2-4H3. The normalized spacial score (nSPS) is 11.4. The first-order chi connectivity index (χ1) is 9.20. The van der Waals surface area contributed by atoms with Crippen molar-refractivity contribution in [3.63, 3.8) is 0 Å². The van der Waals surface area contributed by atoms with Gasteiger partial charge in [0.15, 0.2) is 0 Å². The molecule has 0 spiro atoms. The van der Waals surface area contributed by atoms with Gasteiger partial charge >= 0.3 is 0 Å². The number of hydrogen-bond donors (Lipinski definition) is 1. The summed E-state index contributed by atoms with van der Waals surface area (Å²) in [5.41, 5.74) is 0. The molecule has 0 radical (unpaired) electrons. The summed E-state index contributed by atoms with van der Waals surface area (Å²) < 4.78 is 5.13. The first kappa shape index (κ1) is 18.6. The van der Waals surface area contributed by atoms with Crippen LogP contribution in [0.4, 0.5) is 0 Å². The topological polar surface area (TPSA) is 24.5 Å². The summed E-state index contributed by atoms with van der Waals surface area (Å²) in [5.74, 6) is 0.758. The molecule has 0 rings (SSSR count). The third-order valence-corrected chi connectivity index (χ3v) is 3.13. The average Bonchev–Trinajstić information content (AvgIpc) is 2.38. The van der Waals surface area contributed by atoms with Crippen LogP contribution in [0.5, 0.6) is 0 Å². The lowest BCUT2D eigenvalue weighted by Gasteiger charge is -2.19. The molecule has 19 heavy (non-hydrogen) atoms. The summed E-state index contributed by atoms with van der Waals surface area (Å²) in [4.78, 5) is 2.41. The zero-order valence-electron chi connectivity index (χ0n) is 13.3. The van der Waals surface area contributed by atoms with Gasteiger partial charge in [0.05, 0.1) is 6.61 Å². The Hall–Kier alpha value is -0.380. The van der Waals surface area contributed by atoms with Crippen molar-refractivity contribution in [3.8, 4) is 0 Å². The molecule has 0 unspecified atom stereocenters. The Balaban J connectivity index is 3.36. The van der Waals surface area contributed by atoms with Crippen LogP contribution in [0.25, 0.3) is 0 Å². The molecule has 3 heteroatoms. The molecule has 0 aliphatic carbocycles. The third-order valence-electron chi connectivity index (χ3n) is 3.13. The molecule has 3 nitrogen and oxygen atoms in total. The van der Waals surface area contributed by atoms with Gasteiger partial charge in [-0.3, -0.25) is 4.90 Å². The molecule has 0 atom stereocenters. The van der Waals surface area contributed by atoms with Gasteiger partial charge in [-0.05, 0) is 38.4 Å². The zero-order valence-corrected chi connectivity index (χ0v) is 13.3. The second kappa shape index (κ2) is 14.0. The summed E-state index contributed by atoms with van der Waals surface area (Å²) in [6, 6.07) is 0. The molecule has 0 amide bonds. The van der Waals surface area contributed by atoms with Crippen molar-refractivity contribution >= 4 is 0 Å². The van der Waals surface area contributed by atoms with Crippen LogP contribution in [0.3, 0.4) is 0 Å². The summed E-state index contributed by atoms with van der Waals surface area (Å²) in [6.07, 6.45) is 7.21. The highest BCUT2D eigenvalue weighted by Crippen LogP contribution is 2.02. The van der Waals surface area contributed by atoms with E-state index in [4.69, 9.17) is 4.74 Å². The Kier molecular flexibility index (Phi) is 13.8. The molecular formula is C16H34N2O. The number of hydrogen-bond acceptors (Lipinski definition) is 3. The van der Waals surface area contributed by atoms with Crippen molar-refractivity contribution in [3.05, 3.63) is 12.7 Å². The van der Waals surface area contributed by atoms with Gasteiger partial charge in [0.25, 0.3) is 0 Å². The average molecular weight is 270 g/mol. The van der Waals surface area contributed by atoms with Gasteiger partial charge in [0.2, 0.25) is 0 Å². The maximum absolute atomic E-state index is 5.13. The highest BCUT2D eigenvalue weighted by molar-refractivity contribution is 4.73.